The molecule has 0 aliphatic carbocycles. The Morgan fingerprint density at radius 2 is 1.88 bits per heavy atom. The molecule has 2 nitrogen and oxygen atoms in total. The quantitative estimate of drug-likeness (QED) is 0.832. The van der Waals surface area contributed by atoms with E-state index in [2.05, 4.69) is 47.5 Å². The highest BCUT2D eigenvalue weighted by Crippen LogP contribution is 2.18. The van der Waals surface area contributed by atoms with E-state index >= 15 is 0 Å². The first-order chi connectivity index (χ1) is 7.86. The van der Waals surface area contributed by atoms with E-state index in [0.29, 0.717) is 5.92 Å². The zero-order valence-corrected chi connectivity index (χ0v) is 10.2. The van der Waals surface area contributed by atoms with Crippen LogP contribution < -0.4 is 5.32 Å². The second-order valence-corrected chi connectivity index (χ2v) is 4.69. The van der Waals surface area contributed by atoms with Gasteiger partial charge < -0.3 is 10.2 Å². The lowest BCUT2D eigenvalue weighted by molar-refractivity contribution is 0.234. The summed E-state index contributed by atoms with van der Waals surface area (Å²) >= 11 is 0. The number of piperazine rings is 1. The molecule has 0 radical (unpaired) electrons. The summed E-state index contributed by atoms with van der Waals surface area (Å²) in [4.78, 5) is 2.57. The van der Waals surface area contributed by atoms with Crippen LogP contribution in [0.3, 0.4) is 0 Å². The van der Waals surface area contributed by atoms with E-state index < -0.39 is 0 Å². The molecule has 88 valence electrons. The van der Waals surface area contributed by atoms with Crippen molar-refractivity contribution in [3.05, 3.63) is 35.9 Å². The van der Waals surface area contributed by atoms with Gasteiger partial charge in [0, 0.05) is 26.2 Å². The average Bonchev–Trinajstić information content (AvgIpc) is 2.38. The lowest BCUT2D eigenvalue weighted by atomic mass is 9.98. The van der Waals surface area contributed by atoms with Gasteiger partial charge in [0.2, 0.25) is 0 Å². The van der Waals surface area contributed by atoms with Crippen LogP contribution in [-0.4, -0.2) is 37.6 Å². The fourth-order valence-corrected chi connectivity index (χ4v) is 2.26. The highest BCUT2D eigenvalue weighted by Gasteiger charge is 2.11. The van der Waals surface area contributed by atoms with Crippen molar-refractivity contribution in [3.8, 4) is 0 Å². The van der Waals surface area contributed by atoms with Crippen LogP contribution in [0.5, 0.6) is 0 Å². The van der Waals surface area contributed by atoms with Crippen molar-refractivity contribution in [1.29, 1.82) is 0 Å². The largest absolute Gasteiger partial charge is 0.314 e. The van der Waals surface area contributed by atoms with E-state index in [1.165, 1.54) is 31.6 Å². The molecule has 1 atom stereocenters. The first-order valence-corrected chi connectivity index (χ1v) is 6.34. The Kier molecular flexibility index (Phi) is 4.37. The maximum Gasteiger partial charge on any atom is 0.0107 e. The Hall–Kier alpha value is -0.860. The lowest BCUT2D eigenvalue weighted by Gasteiger charge is -2.28. The summed E-state index contributed by atoms with van der Waals surface area (Å²) in [5.74, 6) is 0.677. The summed E-state index contributed by atoms with van der Waals surface area (Å²) < 4.78 is 0. The van der Waals surface area contributed by atoms with Crippen molar-refractivity contribution < 1.29 is 0 Å². The molecule has 0 amide bonds. The van der Waals surface area contributed by atoms with Gasteiger partial charge in [-0.15, -0.1) is 0 Å². The molecule has 2 heteroatoms. The van der Waals surface area contributed by atoms with Crippen LogP contribution in [0.15, 0.2) is 30.3 Å². The average molecular weight is 218 g/mol. The maximum atomic E-state index is 3.39. The third-order valence-corrected chi connectivity index (χ3v) is 3.46. The predicted octanol–water partition coefficient (Wildman–Crippen LogP) is 2.09. The monoisotopic (exact) mass is 218 g/mol. The van der Waals surface area contributed by atoms with Crippen LogP contribution >= 0.6 is 0 Å². The summed E-state index contributed by atoms with van der Waals surface area (Å²) in [6.07, 6.45) is 1.27. The van der Waals surface area contributed by atoms with Gasteiger partial charge >= 0.3 is 0 Å². The third-order valence-electron chi connectivity index (χ3n) is 3.46. The van der Waals surface area contributed by atoms with Crippen LogP contribution in [0, 0.1) is 0 Å². The smallest absolute Gasteiger partial charge is 0.0107 e. The SMILES string of the molecule is CC(CCN1CCNCC1)c1ccccc1. The fraction of sp³-hybridized carbons (Fsp3) is 0.571. The molecule has 1 aromatic carbocycles. The molecule has 1 aliphatic rings. The topological polar surface area (TPSA) is 15.3 Å². The molecule has 1 aromatic rings. The molecule has 0 aromatic heterocycles. The van der Waals surface area contributed by atoms with Gasteiger partial charge in [-0.05, 0) is 24.4 Å². The number of hydrogen-bond donors (Lipinski definition) is 1. The zero-order chi connectivity index (χ0) is 11.2. The van der Waals surface area contributed by atoms with Crippen molar-refractivity contribution >= 4 is 0 Å². The van der Waals surface area contributed by atoms with Crippen LogP contribution in [-0.2, 0) is 0 Å². The van der Waals surface area contributed by atoms with Crippen LogP contribution in [0.2, 0.25) is 0 Å². The van der Waals surface area contributed by atoms with Crippen LogP contribution in [0.25, 0.3) is 0 Å². The van der Waals surface area contributed by atoms with Gasteiger partial charge in [-0.2, -0.15) is 0 Å². The van der Waals surface area contributed by atoms with Gasteiger partial charge in [-0.3, -0.25) is 0 Å². The summed E-state index contributed by atoms with van der Waals surface area (Å²) in [6, 6.07) is 10.8. The second-order valence-electron chi connectivity index (χ2n) is 4.69. The highest BCUT2D eigenvalue weighted by molar-refractivity contribution is 5.18. The summed E-state index contributed by atoms with van der Waals surface area (Å²) in [5, 5.41) is 3.39. The fourth-order valence-electron chi connectivity index (χ4n) is 2.26. The molecule has 1 aliphatic heterocycles. The zero-order valence-electron chi connectivity index (χ0n) is 10.2. The van der Waals surface area contributed by atoms with Gasteiger partial charge in [0.25, 0.3) is 0 Å². The van der Waals surface area contributed by atoms with E-state index in [-0.39, 0.29) is 0 Å². The van der Waals surface area contributed by atoms with E-state index in [1.807, 2.05) is 0 Å². The van der Waals surface area contributed by atoms with Crippen LogP contribution in [0.1, 0.15) is 24.8 Å². The number of rotatable bonds is 4. The first-order valence-electron chi connectivity index (χ1n) is 6.34. The summed E-state index contributed by atoms with van der Waals surface area (Å²) in [6.45, 7) is 8.29. The second kappa shape index (κ2) is 6.02. The summed E-state index contributed by atoms with van der Waals surface area (Å²) in [7, 11) is 0. The molecule has 1 heterocycles. The molecule has 1 N–H and O–H groups in total. The number of nitrogens with one attached hydrogen (secondary N) is 1. The molecule has 1 saturated heterocycles. The summed E-state index contributed by atoms with van der Waals surface area (Å²) in [5.41, 5.74) is 1.47. The normalized spacial score (nSPS) is 19.6. The standard InChI is InChI=1S/C14H22N2/c1-13(14-5-3-2-4-6-14)7-10-16-11-8-15-9-12-16/h2-6,13,15H,7-12H2,1H3. The molecule has 0 saturated carbocycles. The molecule has 0 bridgehead atoms. The van der Waals surface area contributed by atoms with E-state index in [9.17, 15) is 0 Å². The minimum Gasteiger partial charge on any atom is -0.314 e. The van der Waals surface area contributed by atoms with Gasteiger partial charge in [0.15, 0.2) is 0 Å². The van der Waals surface area contributed by atoms with Crippen molar-refractivity contribution in [2.45, 2.75) is 19.3 Å². The van der Waals surface area contributed by atoms with E-state index in [1.54, 1.807) is 0 Å². The minimum absolute atomic E-state index is 0.677. The predicted molar refractivity (Wildman–Crippen MR) is 68.8 cm³/mol. The molecule has 1 fully saturated rings. The molecule has 0 spiro atoms. The number of nitrogens with zero attached hydrogens (tertiary/aromatic N) is 1. The lowest BCUT2D eigenvalue weighted by Crippen LogP contribution is -2.43. The van der Waals surface area contributed by atoms with E-state index in [4.69, 9.17) is 0 Å². The van der Waals surface area contributed by atoms with Crippen LogP contribution in [0.4, 0.5) is 0 Å². The van der Waals surface area contributed by atoms with Gasteiger partial charge in [0.1, 0.15) is 0 Å². The van der Waals surface area contributed by atoms with Gasteiger partial charge in [-0.1, -0.05) is 37.3 Å². The number of hydrogen-bond acceptors (Lipinski definition) is 2. The molecular weight excluding hydrogens is 196 g/mol. The first kappa shape index (κ1) is 11.6. The molecular formula is C14H22N2. The molecule has 2 rings (SSSR count). The minimum atomic E-state index is 0.677. The third kappa shape index (κ3) is 3.32. The number of benzene rings is 1. The Bertz CT molecular complexity index is 291. The molecule has 1 unspecified atom stereocenters. The van der Waals surface area contributed by atoms with Crippen molar-refractivity contribution in [1.82, 2.24) is 10.2 Å². The van der Waals surface area contributed by atoms with Crippen molar-refractivity contribution in [2.24, 2.45) is 0 Å². The maximum absolute atomic E-state index is 3.39. The Labute approximate surface area is 98.7 Å². The van der Waals surface area contributed by atoms with Gasteiger partial charge in [-0.25, -0.2) is 0 Å². The van der Waals surface area contributed by atoms with Crippen molar-refractivity contribution in [2.75, 3.05) is 32.7 Å². The van der Waals surface area contributed by atoms with Crippen molar-refractivity contribution in [3.63, 3.8) is 0 Å². The van der Waals surface area contributed by atoms with E-state index in [0.717, 1.165) is 13.1 Å². The Balaban J connectivity index is 1.77. The Morgan fingerprint density at radius 3 is 2.56 bits per heavy atom. The van der Waals surface area contributed by atoms with Gasteiger partial charge in [0.05, 0.1) is 0 Å². The molecule has 16 heavy (non-hydrogen) atoms. The highest BCUT2D eigenvalue weighted by atomic mass is 15.2. The Morgan fingerprint density at radius 1 is 1.19 bits per heavy atom.